The number of carbonyl (C=O) groups excluding carboxylic acids is 1. The van der Waals surface area contributed by atoms with E-state index < -0.39 is 18.2 Å². The Balaban J connectivity index is 2.81. The molecule has 0 bridgehead atoms. The third-order valence-corrected chi connectivity index (χ3v) is 2.68. The van der Waals surface area contributed by atoms with Crippen molar-refractivity contribution >= 4 is 11.8 Å². The molecule has 0 spiro atoms. The van der Waals surface area contributed by atoms with Crippen LogP contribution in [0.1, 0.15) is 26.2 Å². The Kier molecular flexibility index (Phi) is 4.92. The van der Waals surface area contributed by atoms with Crippen molar-refractivity contribution in [2.45, 2.75) is 38.4 Å². The van der Waals surface area contributed by atoms with E-state index in [0.717, 1.165) is 0 Å². The molecular weight excluding hydrogens is 220 g/mol. The summed E-state index contributed by atoms with van der Waals surface area (Å²) in [4.78, 5) is 22.6. The van der Waals surface area contributed by atoms with Gasteiger partial charge in [0.05, 0.1) is 5.92 Å². The summed E-state index contributed by atoms with van der Waals surface area (Å²) >= 11 is 0. The molecular formula is C13H16O4. The van der Waals surface area contributed by atoms with E-state index in [2.05, 4.69) is 18.4 Å². The molecule has 0 aromatic carbocycles. The Morgan fingerprint density at radius 3 is 2.76 bits per heavy atom. The van der Waals surface area contributed by atoms with Crippen molar-refractivity contribution in [3.8, 4) is 11.8 Å². The second kappa shape index (κ2) is 6.21. The molecule has 1 aliphatic heterocycles. The van der Waals surface area contributed by atoms with Crippen molar-refractivity contribution in [2.75, 3.05) is 0 Å². The van der Waals surface area contributed by atoms with Crippen molar-refractivity contribution in [2.24, 2.45) is 5.92 Å². The number of carbonyl (C=O) groups is 2. The second-order valence-corrected chi connectivity index (χ2v) is 3.92. The molecule has 1 saturated heterocycles. The lowest BCUT2D eigenvalue weighted by atomic mass is 9.88. The normalized spacial score (nSPS) is 27.7. The molecule has 0 saturated carbocycles. The van der Waals surface area contributed by atoms with E-state index >= 15 is 0 Å². The van der Waals surface area contributed by atoms with E-state index in [1.54, 1.807) is 6.92 Å². The van der Waals surface area contributed by atoms with Crippen LogP contribution in [0.5, 0.6) is 0 Å². The van der Waals surface area contributed by atoms with Crippen molar-refractivity contribution in [3.05, 3.63) is 12.7 Å². The predicted molar refractivity (Wildman–Crippen MR) is 62.3 cm³/mol. The zero-order valence-electron chi connectivity index (χ0n) is 9.81. The second-order valence-electron chi connectivity index (χ2n) is 3.92. The molecule has 0 amide bonds. The standard InChI is InChI=1S/C13H16O4/c1-3-5-9-7-8-11(13(15)16)17-12(9)10(14)6-4-2/h4,9,11-12H,2,6-8H2,1H3,(H,15,16)/t9-,11?,12?/m1/s1. The fourth-order valence-corrected chi connectivity index (χ4v) is 1.90. The summed E-state index contributed by atoms with van der Waals surface area (Å²) in [7, 11) is 0. The van der Waals surface area contributed by atoms with Gasteiger partial charge in [0.25, 0.3) is 0 Å². The Morgan fingerprint density at radius 2 is 2.24 bits per heavy atom. The van der Waals surface area contributed by atoms with Crippen LogP contribution in [0.4, 0.5) is 0 Å². The van der Waals surface area contributed by atoms with Crippen LogP contribution in [0.15, 0.2) is 12.7 Å². The van der Waals surface area contributed by atoms with Crippen LogP contribution in [0.3, 0.4) is 0 Å². The molecule has 4 nitrogen and oxygen atoms in total. The van der Waals surface area contributed by atoms with Crippen LogP contribution >= 0.6 is 0 Å². The number of ether oxygens (including phenoxy) is 1. The number of carboxylic acid groups (broad SMARTS) is 1. The first-order chi connectivity index (χ1) is 8.10. The van der Waals surface area contributed by atoms with Crippen LogP contribution in [-0.2, 0) is 14.3 Å². The SMILES string of the molecule is C=CCC(=O)C1OC(C(=O)O)CC[C@H]1C#CC. The minimum atomic E-state index is -1.02. The van der Waals surface area contributed by atoms with Gasteiger partial charge in [-0.3, -0.25) is 4.79 Å². The summed E-state index contributed by atoms with van der Waals surface area (Å²) in [6, 6.07) is 0. The maximum Gasteiger partial charge on any atom is 0.332 e. The summed E-state index contributed by atoms with van der Waals surface area (Å²) in [6.45, 7) is 5.18. The molecule has 3 atom stereocenters. The van der Waals surface area contributed by atoms with Gasteiger partial charge < -0.3 is 9.84 Å². The number of hydrogen-bond acceptors (Lipinski definition) is 3. The quantitative estimate of drug-likeness (QED) is 0.592. The van der Waals surface area contributed by atoms with Gasteiger partial charge in [-0.2, -0.15) is 0 Å². The van der Waals surface area contributed by atoms with Crippen LogP contribution in [-0.4, -0.2) is 29.1 Å². The van der Waals surface area contributed by atoms with Crippen molar-refractivity contribution in [1.82, 2.24) is 0 Å². The summed E-state index contributed by atoms with van der Waals surface area (Å²) in [5.74, 6) is 4.28. The zero-order valence-corrected chi connectivity index (χ0v) is 9.81. The number of carboxylic acids is 1. The highest BCUT2D eigenvalue weighted by Gasteiger charge is 2.37. The van der Waals surface area contributed by atoms with E-state index in [-0.39, 0.29) is 18.1 Å². The fraction of sp³-hybridized carbons (Fsp3) is 0.538. The molecule has 2 unspecified atom stereocenters. The number of allylic oxidation sites excluding steroid dienone is 1. The number of hydrogen-bond donors (Lipinski definition) is 1. The monoisotopic (exact) mass is 236 g/mol. The van der Waals surface area contributed by atoms with Gasteiger partial charge in [0, 0.05) is 6.42 Å². The first-order valence-corrected chi connectivity index (χ1v) is 5.54. The van der Waals surface area contributed by atoms with Gasteiger partial charge in [0.15, 0.2) is 11.9 Å². The Morgan fingerprint density at radius 1 is 1.53 bits per heavy atom. The summed E-state index contributed by atoms with van der Waals surface area (Å²) in [5, 5.41) is 8.89. The van der Waals surface area contributed by atoms with Crippen LogP contribution in [0.25, 0.3) is 0 Å². The van der Waals surface area contributed by atoms with Crippen LogP contribution in [0, 0.1) is 17.8 Å². The molecule has 17 heavy (non-hydrogen) atoms. The molecule has 0 aliphatic carbocycles. The van der Waals surface area contributed by atoms with Gasteiger partial charge in [-0.25, -0.2) is 4.79 Å². The maximum atomic E-state index is 11.8. The average Bonchev–Trinajstić information content (AvgIpc) is 2.30. The fourth-order valence-electron chi connectivity index (χ4n) is 1.90. The highest BCUT2D eigenvalue weighted by atomic mass is 16.5. The number of Topliss-reactive ketones (excluding diaryl/α,β-unsaturated/α-hetero) is 1. The number of aliphatic carboxylic acids is 1. The van der Waals surface area contributed by atoms with E-state index in [0.29, 0.717) is 12.8 Å². The summed E-state index contributed by atoms with van der Waals surface area (Å²) in [5.41, 5.74) is 0. The molecule has 1 rings (SSSR count). The minimum absolute atomic E-state index is 0.154. The Hall–Kier alpha value is -1.60. The van der Waals surface area contributed by atoms with Crippen LogP contribution < -0.4 is 0 Å². The van der Waals surface area contributed by atoms with Gasteiger partial charge in [0.2, 0.25) is 0 Å². The molecule has 1 heterocycles. The highest BCUT2D eigenvalue weighted by Crippen LogP contribution is 2.26. The largest absolute Gasteiger partial charge is 0.479 e. The lowest BCUT2D eigenvalue weighted by molar-refractivity contribution is -0.165. The predicted octanol–water partition coefficient (Wildman–Crippen LogP) is 1.40. The van der Waals surface area contributed by atoms with Gasteiger partial charge in [-0.15, -0.1) is 12.5 Å². The molecule has 1 N–H and O–H groups in total. The lowest BCUT2D eigenvalue weighted by Gasteiger charge is -2.31. The molecule has 1 fully saturated rings. The molecule has 0 aromatic rings. The average molecular weight is 236 g/mol. The summed E-state index contributed by atoms with van der Waals surface area (Å²) < 4.78 is 5.33. The smallest absolute Gasteiger partial charge is 0.332 e. The van der Waals surface area contributed by atoms with Crippen LogP contribution in [0.2, 0.25) is 0 Å². The van der Waals surface area contributed by atoms with Crippen molar-refractivity contribution < 1.29 is 19.4 Å². The number of rotatable bonds is 4. The third kappa shape index (κ3) is 3.43. The molecule has 0 radical (unpaired) electrons. The third-order valence-electron chi connectivity index (χ3n) is 2.68. The molecule has 0 aromatic heterocycles. The number of ketones is 1. The van der Waals surface area contributed by atoms with Gasteiger partial charge in [0.1, 0.15) is 6.10 Å². The van der Waals surface area contributed by atoms with Gasteiger partial charge in [-0.05, 0) is 19.8 Å². The first-order valence-electron chi connectivity index (χ1n) is 5.54. The Labute approximate surface area is 101 Å². The molecule has 1 aliphatic rings. The highest BCUT2D eigenvalue weighted by molar-refractivity contribution is 5.85. The van der Waals surface area contributed by atoms with Gasteiger partial charge >= 0.3 is 5.97 Å². The topological polar surface area (TPSA) is 63.6 Å². The lowest BCUT2D eigenvalue weighted by Crippen LogP contribution is -2.43. The molecule has 92 valence electrons. The van der Waals surface area contributed by atoms with E-state index in [1.165, 1.54) is 6.08 Å². The van der Waals surface area contributed by atoms with E-state index in [9.17, 15) is 9.59 Å². The van der Waals surface area contributed by atoms with Crippen molar-refractivity contribution in [3.63, 3.8) is 0 Å². The molecule has 4 heteroatoms. The maximum absolute atomic E-state index is 11.8. The summed E-state index contributed by atoms with van der Waals surface area (Å²) in [6.07, 6.45) is 1.00. The minimum Gasteiger partial charge on any atom is -0.479 e. The van der Waals surface area contributed by atoms with Crippen molar-refractivity contribution in [1.29, 1.82) is 0 Å². The van der Waals surface area contributed by atoms with E-state index in [1.807, 2.05) is 0 Å². The zero-order chi connectivity index (χ0) is 12.8. The van der Waals surface area contributed by atoms with Gasteiger partial charge in [-0.1, -0.05) is 12.0 Å². The Bertz CT molecular complexity index is 375. The first kappa shape index (κ1) is 13.5. The van der Waals surface area contributed by atoms with E-state index in [4.69, 9.17) is 9.84 Å².